The monoisotopic (exact) mass is 275 g/mol. The SMILES string of the molecule is CC1CCC(OC(=O)C(N)Cc2ccccc2)CC1C. The van der Waals surface area contributed by atoms with E-state index in [0.29, 0.717) is 12.3 Å². The molecular weight excluding hydrogens is 250 g/mol. The number of carbonyl (C=O) groups excluding carboxylic acids is 1. The zero-order valence-corrected chi connectivity index (χ0v) is 12.4. The van der Waals surface area contributed by atoms with Gasteiger partial charge in [0.15, 0.2) is 0 Å². The fraction of sp³-hybridized carbons (Fsp3) is 0.588. The molecule has 0 bridgehead atoms. The first-order chi connectivity index (χ1) is 9.56. The molecule has 4 unspecified atom stereocenters. The molecule has 20 heavy (non-hydrogen) atoms. The topological polar surface area (TPSA) is 52.3 Å². The summed E-state index contributed by atoms with van der Waals surface area (Å²) in [5.74, 6) is 1.08. The summed E-state index contributed by atoms with van der Waals surface area (Å²) in [4.78, 5) is 12.1. The normalized spacial score (nSPS) is 27.9. The minimum absolute atomic E-state index is 0.0514. The molecule has 4 atom stereocenters. The average Bonchev–Trinajstić information content (AvgIpc) is 2.44. The first-order valence-electron chi connectivity index (χ1n) is 7.56. The second-order valence-electron chi connectivity index (χ2n) is 6.12. The highest BCUT2D eigenvalue weighted by atomic mass is 16.5. The summed E-state index contributed by atoms with van der Waals surface area (Å²) in [6.07, 6.45) is 3.65. The Morgan fingerprint density at radius 3 is 2.60 bits per heavy atom. The molecule has 1 saturated carbocycles. The number of rotatable bonds is 4. The van der Waals surface area contributed by atoms with E-state index in [9.17, 15) is 4.79 Å². The molecule has 3 nitrogen and oxygen atoms in total. The molecule has 3 heteroatoms. The zero-order valence-electron chi connectivity index (χ0n) is 12.4. The molecule has 0 amide bonds. The highest BCUT2D eigenvalue weighted by Gasteiger charge is 2.28. The van der Waals surface area contributed by atoms with Crippen molar-refractivity contribution < 1.29 is 9.53 Å². The maximum Gasteiger partial charge on any atom is 0.323 e. The number of hydrogen-bond donors (Lipinski definition) is 1. The van der Waals surface area contributed by atoms with Gasteiger partial charge in [-0.25, -0.2) is 0 Å². The second kappa shape index (κ2) is 6.89. The van der Waals surface area contributed by atoms with Gasteiger partial charge >= 0.3 is 5.97 Å². The summed E-state index contributed by atoms with van der Waals surface area (Å²) in [5, 5.41) is 0. The Bertz CT molecular complexity index is 432. The number of nitrogens with two attached hydrogens (primary N) is 1. The van der Waals surface area contributed by atoms with Crippen molar-refractivity contribution in [1.82, 2.24) is 0 Å². The van der Waals surface area contributed by atoms with Crippen LogP contribution in [0.1, 0.15) is 38.7 Å². The molecule has 0 saturated heterocycles. The predicted molar refractivity (Wildman–Crippen MR) is 80.2 cm³/mol. The number of carbonyl (C=O) groups is 1. The third kappa shape index (κ3) is 4.07. The van der Waals surface area contributed by atoms with Crippen LogP contribution in [0.2, 0.25) is 0 Å². The van der Waals surface area contributed by atoms with Gasteiger partial charge in [-0.3, -0.25) is 4.79 Å². The minimum Gasteiger partial charge on any atom is -0.461 e. The fourth-order valence-corrected chi connectivity index (χ4v) is 2.81. The van der Waals surface area contributed by atoms with Crippen molar-refractivity contribution in [3.63, 3.8) is 0 Å². The van der Waals surface area contributed by atoms with Crippen LogP contribution in [0.25, 0.3) is 0 Å². The van der Waals surface area contributed by atoms with Crippen LogP contribution in [-0.4, -0.2) is 18.1 Å². The lowest BCUT2D eigenvalue weighted by molar-refractivity contribution is -0.153. The van der Waals surface area contributed by atoms with Gasteiger partial charge in [0, 0.05) is 0 Å². The molecule has 1 aromatic rings. The number of benzene rings is 1. The predicted octanol–water partition coefficient (Wildman–Crippen LogP) is 2.92. The van der Waals surface area contributed by atoms with Crippen molar-refractivity contribution in [1.29, 1.82) is 0 Å². The maximum absolute atomic E-state index is 12.1. The van der Waals surface area contributed by atoms with E-state index in [-0.39, 0.29) is 12.1 Å². The Morgan fingerprint density at radius 1 is 1.25 bits per heavy atom. The van der Waals surface area contributed by atoms with E-state index in [1.807, 2.05) is 30.3 Å². The maximum atomic E-state index is 12.1. The first-order valence-corrected chi connectivity index (χ1v) is 7.56. The van der Waals surface area contributed by atoms with Crippen LogP contribution in [0.5, 0.6) is 0 Å². The summed E-state index contributed by atoms with van der Waals surface area (Å²) >= 11 is 0. The lowest BCUT2D eigenvalue weighted by Crippen LogP contribution is -2.38. The van der Waals surface area contributed by atoms with Gasteiger partial charge in [0.1, 0.15) is 12.1 Å². The summed E-state index contributed by atoms with van der Waals surface area (Å²) in [6, 6.07) is 9.27. The quantitative estimate of drug-likeness (QED) is 0.860. The van der Waals surface area contributed by atoms with Crippen LogP contribution < -0.4 is 5.73 Å². The van der Waals surface area contributed by atoms with Crippen LogP contribution in [0.15, 0.2) is 30.3 Å². The molecule has 0 spiro atoms. The number of hydrogen-bond acceptors (Lipinski definition) is 3. The van der Waals surface area contributed by atoms with E-state index in [0.717, 1.165) is 30.7 Å². The third-order valence-electron chi connectivity index (χ3n) is 4.43. The molecule has 1 aliphatic carbocycles. The van der Waals surface area contributed by atoms with E-state index in [1.165, 1.54) is 0 Å². The van der Waals surface area contributed by atoms with Crippen LogP contribution >= 0.6 is 0 Å². The van der Waals surface area contributed by atoms with E-state index < -0.39 is 6.04 Å². The van der Waals surface area contributed by atoms with Gasteiger partial charge in [0.2, 0.25) is 0 Å². The molecule has 0 heterocycles. The van der Waals surface area contributed by atoms with Gasteiger partial charge in [-0.2, -0.15) is 0 Å². The zero-order chi connectivity index (χ0) is 14.5. The minimum atomic E-state index is -0.563. The largest absolute Gasteiger partial charge is 0.461 e. The Labute approximate surface area is 121 Å². The van der Waals surface area contributed by atoms with Gasteiger partial charge in [0.25, 0.3) is 0 Å². The third-order valence-corrected chi connectivity index (χ3v) is 4.43. The second-order valence-corrected chi connectivity index (χ2v) is 6.12. The van der Waals surface area contributed by atoms with Crippen molar-refractivity contribution in [3.8, 4) is 0 Å². The molecule has 2 N–H and O–H groups in total. The van der Waals surface area contributed by atoms with E-state index in [2.05, 4.69) is 13.8 Å². The molecule has 110 valence electrons. The standard InChI is InChI=1S/C17H25NO2/c1-12-8-9-15(10-13(12)2)20-17(19)16(18)11-14-6-4-3-5-7-14/h3-7,12-13,15-16H,8-11,18H2,1-2H3. The fourth-order valence-electron chi connectivity index (χ4n) is 2.81. The van der Waals surface area contributed by atoms with Crippen LogP contribution in [0.4, 0.5) is 0 Å². The van der Waals surface area contributed by atoms with Crippen LogP contribution in [0.3, 0.4) is 0 Å². The van der Waals surface area contributed by atoms with Crippen molar-refractivity contribution >= 4 is 5.97 Å². The summed E-state index contributed by atoms with van der Waals surface area (Å²) < 4.78 is 5.58. The molecule has 1 fully saturated rings. The first kappa shape index (κ1) is 15.0. The van der Waals surface area contributed by atoms with Gasteiger partial charge in [0.05, 0.1) is 0 Å². The van der Waals surface area contributed by atoms with Gasteiger partial charge in [-0.1, -0.05) is 44.2 Å². The molecule has 0 radical (unpaired) electrons. The Kier molecular flexibility index (Phi) is 5.18. The van der Waals surface area contributed by atoms with Crippen molar-refractivity contribution in [2.24, 2.45) is 17.6 Å². The number of esters is 1. The van der Waals surface area contributed by atoms with Crippen LogP contribution in [0, 0.1) is 11.8 Å². The highest BCUT2D eigenvalue weighted by molar-refractivity contribution is 5.76. The van der Waals surface area contributed by atoms with Crippen molar-refractivity contribution in [3.05, 3.63) is 35.9 Å². The molecule has 0 aliphatic heterocycles. The lowest BCUT2D eigenvalue weighted by Gasteiger charge is -2.32. The van der Waals surface area contributed by atoms with Crippen molar-refractivity contribution in [2.75, 3.05) is 0 Å². The van der Waals surface area contributed by atoms with Gasteiger partial charge in [-0.05, 0) is 43.1 Å². The van der Waals surface area contributed by atoms with E-state index >= 15 is 0 Å². The summed E-state index contributed by atoms with van der Waals surface area (Å²) in [5.41, 5.74) is 7.03. The van der Waals surface area contributed by atoms with Crippen molar-refractivity contribution in [2.45, 2.75) is 51.7 Å². The summed E-state index contributed by atoms with van der Waals surface area (Å²) in [6.45, 7) is 4.50. The van der Waals surface area contributed by atoms with E-state index in [1.54, 1.807) is 0 Å². The average molecular weight is 275 g/mol. The molecule has 1 aromatic carbocycles. The lowest BCUT2D eigenvalue weighted by atomic mass is 9.80. The smallest absolute Gasteiger partial charge is 0.323 e. The van der Waals surface area contributed by atoms with Crippen LogP contribution in [-0.2, 0) is 16.0 Å². The van der Waals surface area contributed by atoms with Gasteiger partial charge < -0.3 is 10.5 Å². The van der Waals surface area contributed by atoms with Gasteiger partial charge in [-0.15, -0.1) is 0 Å². The number of ether oxygens (including phenoxy) is 1. The Hall–Kier alpha value is -1.35. The molecule has 2 rings (SSSR count). The van der Waals surface area contributed by atoms with E-state index in [4.69, 9.17) is 10.5 Å². The Balaban J connectivity index is 1.82. The summed E-state index contributed by atoms with van der Waals surface area (Å²) in [7, 11) is 0. The molecular formula is C17H25NO2. The Morgan fingerprint density at radius 2 is 1.95 bits per heavy atom. The highest BCUT2D eigenvalue weighted by Crippen LogP contribution is 2.31. The molecule has 1 aliphatic rings. The molecule has 0 aromatic heterocycles.